The second-order valence-corrected chi connectivity index (χ2v) is 6.15. The van der Waals surface area contributed by atoms with Crippen LogP contribution in [0.2, 0.25) is 0 Å². The number of hydrogen-bond acceptors (Lipinski definition) is 1. The third kappa shape index (κ3) is 5.53. The Morgan fingerprint density at radius 2 is 1.43 bits per heavy atom. The van der Waals surface area contributed by atoms with Gasteiger partial charge in [0.2, 0.25) is 0 Å². The summed E-state index contributed by atoms with van der Waals surface area (Å²) in [4.78, 5) is 0. The van der Waals surface area contributed by atoms with Gasteiger partial charge in [0.05, 0.1) is 5.52 Å². The van der Waals surface area contributed by atoms with Crippen molar-refractivity contribution >= 4 is 10.9 Å². The van der Waals surface area contributed by atoms with Crippen LogP contribution in [0.5, 0.6) is 0 Å². The van der Waals surface area contributed by atoms with Gasteiger partial charge in [0.15, 0.2) is 0 Å². The van der Waals surface area contributed by atoms with Crippen molar-refractivity contribution in [1.29, 1.82) is 0 Å². The lowest BCUT2D eigenvalue weighted by Crippen LogP contribution is -1.88. The van der Waals surface area contributed by atoms with Crippen molar-refractivity contribution in [3.63, 3.8) is 0 Å². The average Bonchev–Trinajstić information content (AvgIpc) is 2.92. The molecule has 0 aliphatic rings. The van der Waals surface area contributed by atoms with E-state index in [0.29, 0.717) is 0 Å². The highest BCUT2D eigenvalue weighted by molar-refractivity contribution is 5.81. The molecule has 0 saturated carbocycles. The summed E-state index contributed by atoms with van der Waals surface area (Å²) in [5.74, 6) is 0. The molecule has 1 aromatic carbocycles. The van der Waals surface area contributed by atoms with Crippen LogP contribution in [0, 0.1) is 0 Å². The van der Waals surface area contributed by atoms with Gasteiger partial charge in [-0.15, -0.1) is 0 Å². The number of aromatic nitrogens is 2. The monoisotopic (exact) mass is 286 g/mol. The Balaban J connectivity index is 1.52. The molecule has 1 aromatic heterocycles. The standard InChI is InChI=1S/C19H30N2/c1-2-3-4-5-6-7-8-9-10-11-15-18-17-14-12-13-16-19(17)21-20-18/h12-14,16H,2-11,15H2,1H3,(H,20,21). The molecule has 0 saturated heterocycles. The van der Waals surface area contributed by atoms with Crippen LogP contribution in [0.25, 0.3) is 10.9 Å². The predicted molar refractivity (Wildman–Crippen MR) is 91.6 cm³/mol. The number of nitrogens with one attached hydrogen (secondary N) is 1. The Morgan fingerprint density at radius 1 is 0.810 bits per heavy atom. The summed E-state index contributed by atoms with van der Waals surface area (Å²) in [5.41, 5.74) is 2.41. The Labute approximate surface area is 129 Å². The van der Waals surface area contributed by atoms with Crippen molar-refractivity contribution in [2.24, 2.45) is 0 Å². The SMILES string of the molecule is CCCCCCCCCCCCc1[nH]nc2ccccc12. The Bertz CT molecular complexity index is 501. The second kappa shape index (κ2) is 9.59. The maximum absolute atomic E-state index is 4.36. The van der Waals surface area contributed by atoms with E-state index in [-0.39, 0.29) is 0 Å². The molecule has 2 nitrogen and oxygen atoms in total. The van der Waals surface area contributed by atoms with Crippen molar-refractivity contribution < 1.29 is 0 Å². The molecule has 0 aliphatic heterocycles. The van der Waals surface area contributed by atoms with E-state index in [0.717, 1.165) is 11.9 Å². The molecule has 0 spiro atoms. The maximum atomic E-state index is 4.36. The highest BCUT2D eigenvalue weighted by Gasteiger charge is 2.03. The van der Waals surface area contributed by atoms with Crippen LogP contribution in [0.4, 0.5) is 0 Å². The minimum absolute atomic E-state index is 1.10. The van der Waals surface area contributed by atoms with Crippen LogP contribution in [-0.2, 0) is 6.42 Å². The van der Waals surface area contributed by atoms with Crippen LogP contribution in [0.3, 0.4) is 0 Å². The predicted octanol–water partition coefficient (Wildman–Crippen LogP) is 6.03. The Kier molecular flexibility index (Phi) is 7.34. The molecule has 0 aliphatic carbocycles. The van der Waals surface area contributed by atoms with Gasteiger partial charge in [-0.1, -0.05) is 82.9 Å². The van der Waals surface area contributed by atoms with Gasteiger partial charge < -0.3 is 0 Å². The highest BCUT2D eigenvalue weighted by atomic mass is 15.1. The minimum Gasteiger partial charge on any atom is -0.281 e. The smallest absolute Gasteiger partial charge is 0.0923 e. The van der Waals surface area contributed by atoms with Gasteiger partial charge in [0.1, 0.15) is 0 Å². The summed E-state index contributed by atoms with van der Waals surface area (Å²) in [6.07, 6.45) is 15.1. The molecule has 1 N–H and O–H groups in total. The van der Waals surface area contributed by atoms with Gasteiger partial charge in [0, 0.05) is 11.1 Å². The fourth-order valence-corrected chi connectivity index (χ4v) is 2.99. The third-order valence-electron chi connectivity index (χ3n) is 4.32. The first-order valence-corrected chi connectivity index (χ1v) is 8.84. The van der Waals surface area contributed by atoms with Crippen molar-refractivity contribution in [2.75, 3.05) is 0 Å². The van der Waals surface area contributed by atoms with Crippen molar-refractivity contribution in [3.05, 3.63) is 30.0 Å². The normalized spacial score (nSPS) is 11.3. The molecular weight excluding hydrogens is 256 g/mol. The topological polar surface area (TPSA) is 28.7 Å². The number of H-pyrrole nitrogens is 1. The summed E-state index contributed by atoms with van der Waals surface area (Å²) in [5, 5.41) is 8.85. The van der Waals surface area contributed by atoms with Crippen molar-refractivity contribution in [2.45, 2.75) is 77.6 Å². The molecule has 0 radical (unpaired) electrons. The van der Waals surface area contributed by atoms with Gasteiger partial charge in [0.25, 0.3) is 0 Å². The highest BCUT2D eigenvalue weighted by Crippen LogP contribution is 2.18. The Hall–Kier alpha value is -1.31. The summed E-state index contributed by atoms with van der Waals surface area (Å²) < 4.78 is 0. The molecular formula is C19H30N2. The number of unbranched alkanes of at least 4 members (excludes halogenated alkanes) is 9. The van der Waals surface area contributed by atoms with Crippen LogP contribution < -0.4 is 0 Å². The number of aryl methyl sites for hydroxylation is 1. The molecule has 2 heteroatoms. The van der Waals surface area contributed by atoms with E-state index in [1.807, 2.05) is 6.07 Å². The number of hydrogen-bond donors (Lipinski definition) is 1. The summed E-state index contributed by atoms with van der Waals surface area (Å²) in [7, 11) is 0. The van der Waals surface area contributed by atoms with E-state index in [4.69, 9.17) is 0 Å². The van der Waals surface area contributed by atoms with E-state index < -0.39 is 0 Å². The number of para-hydroxylation sites is 1. The van der Waals surface area contributed by atoms with Gasteiger partial charge in [-0.05, 0) is 18.9 Å². The van der Waals surface area contributed by atoms with Gasteiger partial charge >= 0.3 is 0 Å². The molecule has 2 rings (SSSR count). The van der Waals surface area contributed by atoms with Gasteiger partial charge in [-0.2, -0.15) is 5.10 Å². The molecule has 0 fully saturated rings. The first-order valence-electron chi connectivity index (χ1n) is 8.84. The first-order chi connectivity index (χ1) is 10.4. The van der Waals surface area contributed by atoms with E-state index >= 15 is 0 Å². The minimum atomic E-state index is 1.10. The fraction of sp³-hybridized carbons (Fsp3) is 0.632. The molecule has 2 aromatic rings. The molecule has 116 valence electrons. The molecule has 21 heavy (non-hydrogen) atoms. The summed E-state index contributed by atoms with van der Waals surface area (Å²) >= 11 is 0. The Morgan fingerprint density at radius 3 is 2.14 bits per heavy atom. The third-order valence-corrected chi connectivity index (χ3v) is 4.32. The lowest BCUT2D eigenvalue weighted by molar-refractivity contribution is 0.555. The first kappa shape index (κ1) is 16.1. The molecule has 1 heterocycles. The lowest BCUT2D eigenvalue weighted by atomic mass is 10.0. The zero-order valence-corrected chi connectivity index (χ0v) is 13.5. The summed E-state index contributed by atoms with van der Waals surface area (Å²) in [6.45, 7) is 2.28. The summed E-state index contributed by atoms with van der Waals surface area (Å²) in [6, 6.07) is 8.39. The molecule has 0 unspecified atom stereocenters. The number of aromatic amines is 1. The quantitative estimate of drug-likeness (QED) is 0.502. The van der Waals surface area contributed by atoms with E-state index in [2.05, 4.69) is 35.3 Å². The second-order valence-electron chi connectivity index (χ2n) is 6.15. The van der Waals surface area contributed by atoms with Crippen LogP contribution in [0.1, 0.15) is 76.8 Å². The fourth-order valence-electron chi connectivity index (χ4n) is 2.99. The lowest BCUT2D eigenvalue weighted by Gasteiger charge is -2.02. The van der Waals surface area contributed by atoms with E-state index in [1.54, 1.807) is 0 Å². The number of benzene rings is 1. The van der Waals surface area contributed by atoms with Crippen LogP contribution in [0.15, 0.2) is 24.3 Å². The molecule has 0 bridgehead atoms. The van der Waals surface area contributed by atoms with Crippen LogP contribution in [-0.4, -0.2) is 10.2 Å². The van der Waals surface area contributed by atoms with Gasteiger partial charge in [-0.25, -0.2) is 0 Å². The largest absolute Gasteiger partial charge is 0.281 e. The van der Waals surface area contributed by atoms with E-state index in [1.165, 1.54) is 75.3 Å². The number of rotatable bonds is 11. The molecule has 0 atom stereocenters. The maximum Gasteiger partial charge on any atom is 0.0923 e. The van der Waals surface area contributed by atoms with Gasteiger partial charge in [-0.3, -0.25) is 5.10 Å². The van der Waals surface area contributed by atoms with Crippen molar-refractivity contribution in [1.82, 2.24) is 10.2 Å². The number of fused-ring (bicyclic) bond motifs is 1. The zero-order chi connectivity index (χ0) is 14.8. The van der Waals surface area contributed by atoms with Crippen molar-refractivity contribution in [3.8, 4) is 0 Å². The zero-order valence-electron chi connectivity index (χ0n) is 13.5. The number of nitrogens with zero attached hydrogens (tertiary/aromatic N) is 1. The van der Waals surface area contributed by atoms with Crippen LogP contribution >= 0.6 is 0 Å². The van der Waals surface area contributed by atoms with E-state index in [9.17, 15) is 0 Å². The average molecular weight is 286 g/mol. The molecule has 0 amide bonds.